The van der Waals surface area contributed by atoms with Crippen molar-refractivity contribution in [2.45, 2.75) is 0 Å². The number of phenols is 1. The fourth-order valence-corrected chi connectivity index (χ4v) is 3.42. The number of benzene rings is 3. The van der Waals surface area contributed by atoms with Gasteiger partial charge in [0.1, 0.15) is 5.75 Å². The summed E-state index contributed by atoms with van der Waals surface area (Å²) in [6.45, 7) is 0. The Morgan fingerprint density at radius 1 is 0.652 bits per heavy atom. The van der Waals surface area contributed by atoms with E-state index in [4.69, 9.17) is 0 Å². The molecule has 0 spiro atoms. The third kappa shape index (κ3) is 3.06. The second-order valence-electron chi connectivity index (χ2n) is 5.13. The van der Waals surface area contributed by atoms with Crippen LogP contribution in [0, 0.1) is 0 Å². The summed E-state index contributed by atoms with van der Waals surface area (Å²) in [5, 5.41) is 10.2. The Bertz CT molecular complexity index is 870. The van der Waals surface area contributed by atoms with Crippen LogP contribution in [0.4, 0.5) is 0 Å². The van der Waals surface area contributed by atoms with E-state index in [0.29, 0.717) is 22.3 Å². The van der Waals surface area contributed by atoms with Crippen LogP contribution in [0.2, 0.25) is 0 Å². The minimum Gasteiger partial charge on any atom is -0.507 e. The fraction of sp³-hybridized carbons (Fsp3) is 0. The highest BCUT2D eigenvalue weighted by Crippen LogP contribution is 2.45. The first-order chi connectivity index (χ1) is 11.0. The minimum atomic E-state index is -4.50. The van der Waals surface area contributed by atoms with Gasteiger partial charge in [-0.2, -0.15) is 0 Å². The van der Waals surface area contributed by atoms with Crippen LogP contribution in [-0.4, -0.2) is 14.9 Å². The molecule has 0 heterocycles. The molecule has 0 amide bonds. The minimum absolute atomic E-state index is 0.0211. The summed E-state index contributed by atoms with van der Waals surface area (Å²) in [6, 6.07) is 20.6. The van der Waals surface area contributed by atoms with Crippen LogP contribution in [0.3, 0.4) is 0 Å². The molecule has 116 valence electrons. The van der Waals surface area contributed by atoms with E-state index < -0.39 is 7.60 Å². The Morgan fingerprint density at radius 2 is 1.13 bits per heavy atom. The van der Waals surface area contributed by atoms with E-state index in [-0.39, 0.29) is 11.1 Å². The fourth-order valence-electron chi connectivity index (χ4n) is 2.62. The van der Waals surface area contributed by atoms with Gasteiger partial charge in [0.25, 0.3) is 0 Å². The van der Waals surface area contributed by atoms with Crippen molar-refractivity contribution in [1.82, 2.24) is 0 Å². The highest BCUT2D eigenvalue weighted by atomic mass is 31.2. The molecule has 3 N–H and O–H groups in total. The quantitative estimate of drug-likeness (QED) is 0.644. The highest BCUT2D eigenvalue weighted by Gasteiger charge is 2.26. The predicted molar refractivity (Wildman–Crippen MR) is 90.7 cm³/mol. The molecule has 0 aliphatic heterocycles. The second-order valence-corrected chi connectivity index (χ2v) is 6.70. The maximum absolute atomic E-state index is 11.9. The summed E-state index contributed by atoms with van der Waals surface area (Å²) in [6.07, 6.45) is 0. The van der Waals surface area contributed by atoms with Gasteiger partial charge in [-0.1, -0.05) is 60.7 Å². The van der Waals surface area contributed by atoms with E-state index in [1.165, 1.54) is 12.1 Å². The zero-order valence-corrected chi connectivity index (χ0v) is 13.0. The van der Waals surface area contributed by atoms with Gasteiger partial charge in [-0.15, -0.1) is 0 Å². The van der Waals surface area contributed by atoms with Gasteiger partial charge in [-0.3, -0.25) is 4.57 Å². The van der Waals surface area contributed by atoms with Gasteiger partial charge in [0.05, 0.1) is 5.30 Å². The molecule has 0 fully saturated rings. The molecule has 0 unspecified atom stereocenters. The average Bonchev–Trinajstić information content (AvgIpc) is 2.55. The lowest BCUT2D eigenvalue weighted by Crippen LogP contribution is -2.09. The first-order valence-corrected chi connectivity index (χ1v) is 8.62. The Kier molecular flexibility index (Phi) is 4.05. The molecule has 0 aliphatic rings. The van der Waals surface area contributed by atoms with Gasteiger partial charge < -0.3 is 14.9 Å². The zero-order valence-electron chi connectivity index (χ0n) is 12.1. The first-order valence-electron chi connectivity index (χ1n) is 7.01. The van der Waals surface area contributed by atoms with Gasteiger partial charge in [-0.25, -0.2) is 0 Å². The van der Waals surface area contributed by atoms with E-state index in [2.05, 4.69) is 0 Å². The molecule has 0 saturated heterocycles. The topological polar surface area (TPSA) is 77.8 Å². The SMILES string of the molecule is O=P(O)(O)c1ccc(O)c(-c2ccccc2)c1-c1ccccc1. The molecule has 3 aromatic rings. The van der Waals surface area contributed by atoms with E-state index in [9.17, 15) is 19.5 Å². The lowest BCUT2D eigenvalue weighted by atomic mass is 9.93. The van der Waals surface area contributed by atoms with Crippen LogP contribution < -0.4 is 5.30 Å². The number of aromatic hydroxyl groups is 1. The molecule has 0 aliphatic carbocycles. The Morgan fingerprint density at radius 3 is 1.61 bits per heavy atom. The van der Waals surface area contributed by atoms with E-state index >= 15 is 0 Å². The van der Waals surface area contributed by atoms with Crippen molar-refractivity contribution in [3.8, 4) is 28.0 Å². The van der Waals surface area contributed by atoms with Crippen LogP contribution in [0.15, 0.2) is 72.8 Å². The Hall–Kier alpha value is -2.39. The van der Waals surface area contributed by atoms with Crippen LogP contribution in [0.1, 0.15) is 0 Å². The van der Waals surface area contributed by atoms with Crippen molar-refractivity contribution in [1.29, 1.82) is 0 Å². The summed E-state index contributed by atoms with van der Waals surface area (Å²) in [5.74, 6) is -0.0211. The van der Waals surface area contributed by atoms with Crippen molar-refractivity contribution >= 4 is 12.9 Å². The largest absolute Gasteiger partial charge is 0.507 e. The van der Waals surface area contributed by atoms with Crippen molar-refractivity contribution in [2.24, 2.45) is 0 Å². The van der Waals surface area contributed by atoms with Crippen molar-refractivity contribution in [2.75, 3.05) is 0 Å². The van der Waals surface area contributed by atoms with Gasteiger partial charge in [0.2, 0.25) is 0 Å². The van der Waals surface area contributed by atoms with Crippen molar-refractivity contribution < 1.29 is 19.5 Å². The van der Waals surface area contributed by atoms with Gasteiger partial charge in [-0.05, 0) is 23.3 Å². The molecule has 3 aromatic carbocycles. The number of hydrogen-bond acceptors (Lipinski definition) is 2. The molecule has 0 aromatic heterocycles. The number of phenolic OH excluding ortho intramolecular Hbond substituents is 1. The molecular formula is C18H15O4P. The molecule has 0 radical (unpaired) electrons. The number of hydrogen-bond donors (Lipinski definition) is 3. The summed E-state index contributed by atoms with van der Waals surface area (Å²) < 4.78 is 11.9. The van der Waals surface area contributed by atoms with E-state index in [1.54, 1.807) is 36.4 Å². The molecule has 0 saturated carbocycles. The maximum Gasteiger partial charge on any atom is 0.356 e. The third-order valence-corrected chi connectivity index (χ3v) is 4.60. The van der Waals surface area contributed by atoms with Crippen LogP contribution in [0.5, 0.6) is 5.75 Å². The molecule has 3 rings (SSSR count). The smallest absolute Gasteiger partial charge is 0.356 e. The molecule has 5 heteroatoms. The highest BCUT2D eigenvalue weighted by molar-refractivity contribution is 7.60. The van der Waals surface area contributed by atoms with Crippen LogP contribution >= 0.6 is 7.60 Å². The molecule has 0 bridgehead atoms. The standard InChI is InChI=1S/C18H15O4P/c19-15-11-12-16(23(20,21)22)18(14-9-5-2-6-10-14)17(15)13-7-3-1-4-8-13/h1-12,19H,(H2,20,21,22). The number of rotatable bonds is 3. The lowest BCUT2D eigenvalue weighted by molar-refractivity contribution is 0.387. The van der Waals surface area contributed by atoms with E-state index in [1.807, 2.05) is 24.3 Å². The monoisotopic (exact) mass is 326 g/mol. The van der Waals surface area contributed by atoms with Crippen LogP contribution in [0.25, 0.3) is 22.3 Å². The summed E-state index contributed by atoms with van der Waals surface area (Å²) >= 11 is 0. The van der Waals surface area contributed by atoms with Gasteiger partial charge >= 0.3 is 7.60 Å². The summed E-state index contributed by atoms with van der Waals surface area (Å²) in [7, 11) is -4.50. The first kappa shape index (κ1) is 15.5. The average molecular weight is 326 g/mol. The summed E-state index contributed by atoms with van der Waals surface area (Å²) in [4.78, 5) is 19.4. The molecule has 4 nitrogen and oxygen atoms in total. The van der Waals surface area contributed by atoms with Crippen molar-refractivity contribution in [3.05, 3.63) is 72.8 Å². The summed E-state index contributed by atoms with van der Waals surface area (Å²) in [5.41, 5.74) is 2.10. The predicted octanol–water partition coefficient (Wildman–Crippen LogP) is 3.53. The molecule has 0 atom stereocenters. The zero-order chi connectivity index (χ0) is 16.4. The Balaban J connectivity index is 2.42. The van der Waals surface area contributed by atoms with E-state index in [0.717, 1.165) is 0 Å². The van der Waals surface area contributed by atoms with Crippen molar-refractivity contribution in [3.63, 3.8) is 0 Å². The third-order valence-electron chi connectivity index (χ3n) is 3.60. The maximum atomic E-state index is 11.9. The lowest BCUT2D eigenvalue weighted by Gasteiger charge is -2.17. The van der Waals surface area contributed by atoms with Gasteiger partial charge in [0.15, 0.2) is 0 Å². The normalized spacial score (nSPS) is 11.4. The second kappa shape index (κ2) is 6.01. The molecule has 23 heavy (non-hydrogen) atoms. The van der Waals surface area contributed by atoms with Crippen LogP contribution in [-0.2, 0) is 4.57 Å². The van der Waals surface area contributed by atoms with Gasteiger partial charge in [0, 0.05) is 11.1 Å². The Labute approximate surface area is 133 Å². The molecular weight excluding hydrogens is 311 g/mol.